The molecule has 1 aliphatic rings. The highest BCUT2D eigenvalue weighted by Crippen LogP contribution is 2.37. The maximum Gasteiger partial charge on any atom is 0.139 e. The maximum atomic E-state index is 8.72. The summed E-state index contributed by atoms with van der Waals surface area (Å²) in [5.74, 6) is 6.52. The van der Waals surface area contributed by atoms with Crippen molar-refractivity contribution >= 4 is 22.4 Å². The molecular weight excluding hydrogens is 290 g/mol. The minimum absolute atomic E-state index is 0.164. The summed E-state index contributed by atoms with van der Waals surface area (Å²) in [5, 5.41) is 11.5. The first-order valence-electron chi connectivity index (χ1n) is 7.91. The van der Waals surface area contributed by atoms with Crippen molar-refractivity contribution in [2.75, 3.05) is 30.4 Å². The molecule has 0 atom stereocenters. The normalized spacial score (nSPS) is 18.0. The number of nitrogens with zero attached hydrogens (tertiary/aromatic N) is 4. The van der Waals surface area contributed by atoms with Crippen molar-refractivity contribution in [3.05, 3.63) is 18.5 Å². The topological polar surface area (TPSA) is 111 Å². The SMILES string of the molecule is CC1(N(N)c2c(N)cnc3[nH]ccc23)CCN(CCC#N)CC1. The smallest absolute Gasteiger partial charge is 0.139 e. The number of nitrogen functional groups attached to an aromatic ring is 1. The predicted octanol–water partition coefficient (Wildman–Crippen LogP) is 1.59. The maximum absolute atomic E-state index is 8.72. The minimum atomic E-state index is -0.164. The van der Waals surface area contributed by atoms with Crippen molar-refractivity contribution < 1.29 is 0 Å². The summed E-state index contributed by atoms with van der Waals surface area (Å²) in [4.78, 5) is 9.72. The standard InChI is InChI=1S/C16H23N7/c1-16(4-9-22(10-5-16)8-2-6-17)23(19)14-12-3-7-20-15(12)21-11-13(14)18/h3,7,11H,2,4-5,8-10,18-19H2,1H3,(H,20,21). The summed E-state index contributed by atoms with van der Waals surface area (Å²) in [5.41, 5.74) is 8.22. The number of nitrogens with two attached hydrogens (primary N) is 2. The van der Waals surface area contributed by atoms with Crippen LogP contribution in [0.1, 0.15) is 26.2 Å². The molecule has 7 heteroatoms. The molecule has 2 aromatic rings. The summed E-state index contributed by atoms with van der Waals surface area (Å²) < 4.78 is 0. The summed E-state index contributed by atoms with van der Waals surface area (Å²) in [6.45, 7) is 4.88. The zero-order valence-electron chi connectivity index (χ0n) is 13.4. The van der Waals surface area contributed by atoms with Crippen molar-refractivity contribution in [1.82, 2.24) is 14.9 Å². The van der Waals surface area contributed by atoms with Crippen LogP contribution in [-0.2, 0) is 0 Å². The number of hydrogen-bond donors (Lipinski definition) is 3. The average molecular weight is 313 g/mol. The quantitative estimate of drug-likeness (QED) is 0.584. The number of rotatable bonds is 4. The van der Waals surface area contributed by atoms with Gasteiger partial charge in [0, 0.05) is 37.6 Å². The van der Waals surface area contributed by atoms with E-state index >= 15 is 0 Å². The average Bonchev–Trinajstić information content (AvgIpc) is 3.02. The van der Waals surface area contributed by atoms with Crippen LogP contribution in [0.2, 0.25) is 0 Å². The lowest BCUT2D eigenvalue weighted by molar-refractivity contribution is 0.168. The van der Waals surface area contributed by atoms with Gasteiger partial charge in [-0.15, -0.1) is 0 Å². The number of nitrogens with one attached hydrogen (secondary N) is 1. The van der Waals surface area contributed by atoms with E-state index < -0.39 is 0 Å². The Hall–Kier alpha value is -2.30. The Labute approximate surface area is 135 Å². The van der Waals surface area contributed by atoms with Gasteiger partial charge in [-0.05, 0) is 25.8 Å². The van der Waals surface area contributed by atoms with Crippen molar-refractivity contribution in [1.29, 1.82) is 5.26 Å². The fraction of sp³-hybridized carbons (Fsp3) is 0.500. The molecule has 0 spiro atoms. The molecule has 1 saturated heterocycles. The molecule has 1 aliphatic heterocycles. The number of aromatic nitrogens is 2. The van der Waals surface area contributed by atoms with E-state index in [1.165, 1.54) is 0 Å². The fourth-order valence-electron chi connectivity index (χ4n) is 3.26. The molecule has 0 aromatic carbocycles. The highest BCUT2D eigenvalue weighted by atomic mass is 15.5. The monoisotopic (exact) mass is 313 g/mol. The molecule has 0 unspecified atom stereocenters. The van der Waals surface area contributed by atoms with Crippen LogP contribution in [0.3, 0.4) is 0 Å². The zero-order valence-corrected chi connectivity index (χ0v) is 13.4. The second-order valence-corrected chi connectivity index (χ2v) is 6.42. The molecule has 23 heavy (non-hydrogen) atoms. The van der Waals surface area contributed by atoms with E-state index in [9.17, 15) is 0 Å². The molecule has 3 heterocycles. The van der Waals surface area contributed by atoms with Gasteiger partial charge in [-0.2, -0.15) is 5.26 Å². The molecular formula is C16H23N7. The van der Waals surface area contributed by atoms with Crippen molar-refractivity contribution in [3.8, 4) is 6.07 Å². The molecule has 122 valence electrons. The molecule has 0 aliphatic carbocycles. The van der Waals surface area contributed by atoms with Gasteiger partial charge in [0.2, 0.25) is 0 Å². The van der Waals surface area contributed by atoms with E-state index in [-0.39, 0.29) is 5.54 Å². The first-order chi connectivity index (χ1) is 11.0. The van der Waals surface area contributed by atoms with Crippen molar-refractivity contribution in [2.24, 2.45) is 5.84 Å². The number of H-pyrrole nitrogens is 1. The number of piperidine rings is 1. The second kappa shape index (κ2) is 6.07. The van der Waals surface area contributed by atoms with E-state index in [2.05, 4.69) is 27.9 Å². The Kier molecular flexibility index (Phi) is 4.11. The Morgan fingerprint density at radius 1 is 1.48 bits per heavy atom. The fourth-order valence-corrected chi connectivity index (χ4v) is 3.26. The molecule has 0 radical (unpaired) electrons. The number of hydrogen-bond acceptors (Lipinski definition) is 6. The van der Waals surface area contributed by atoms with Crippen LogP contribution < -0.4 is 16.6 Å². The van der Waals surface area contributed by atoms with Crippen molar-refractivity contribution in [2.45, 2.75) is 31.7 Å². The number of fused-ring (bicyclic) bond motifs is 1. The summed E-state index contributed by atoms with van der Waals surface area (Å²) in [7, 11) is 0. The van der Waals surface area contributed by atoms with E-state index in [1.54, 1.807) is 6.20 Å². The van der Waals surface area contributed by atoms with Gasteiger partial charge in [0.1, 0.15) is 5.65 Å². The van der Waals surface area contributed by atoms with E-state index in [1.807, 2.05) is 17.3 Å². The Morgan fingerprint density at radius 3 is 2.91 bits per heavy atom. The van der Waals surface area contributed by atoms with E-state index in [0.717, 1.165) is 49.2 Å². The van der Waals surface area contributed by atoms with Gasteiger partial charge in [-0.3, -0.25) is 0 Å². The highest BCUT2D eigenvalue weighted by molar-refractivity contribution is 5.96. The molecule has 0 saturated carbocycles. The number of aromatic amines is 1. The van der Waals surface area contributed by atoms with Crippen LogP contribution >= 0.6 is 0 Å². The van der Waals surface area contributed by atoms with Crippen LogP contribution in [0.5, 0.6) is 0 Å². The lowest BCUT2D eigenvalue weighted by Gasteiger charge is -2.45. The molecule has 7 nitrogen and oxygen atoms in total. The molecule has 2 aromatic heterocycles. The predicted molar refractivity (Wildman–Crippen MR) is 91.5 cm³/mol. The Bertz CT molecular complexity index is 722. The highest BCUT2D eigenvalue weighted by Gasteiger charge is 2.36. The van der Waals surface area contributed by atoms with Crippen LogP contribution in [0.25, 0.3) is 11.0 Å². The zero-order chi connectivity index (χ0) is 16.4. The minimum Gasteiger partial charge on any atom is -0.396 e. The number of likely N-dealkylation sites (tertiary alicyclic amines) is 1. The molecule has 5 N–H and O–H groups in total. The lowest BCUT2D eigenvalue weighted by Crippen LogP contribution is -2.57. The molecule has 1 fully saturated rings. The van der Waals surface area contributed by atoms with Crippen LogP contribution in [0.4, 0.5) is 11.4 Å². The second-order valence-electron chi connectivity index (χ2n) is 6.42. The largest absolute Gasteiger partial charge is 0.396 e. The van der Waals surface area contributed by atoms with Gasteiger partial charge in [0.15, 0.2) is 0 Å². The first kappa shape index (κ1) is 15.6. The van der Waals surface area contributed by atoms with E-state index in [0.29, 0.717) is 12.1 Å². The summed E-state index contributed by atoms with van der Waals surface area (Å²) in [6, 6.07) is 4.16. The number of anilines is 2. The number of hydrazine groups is 1. The van der Waals surface area contributed by atoms with Gasteiger partial charge in [0.25, 0.3) is 0 Å². The van der Waals surface area contributed by atoms with Crippen molar-refractivity contribution in [3.63, 3.8) is 0 Å². The van der Waals surface area contributed by atoms with Gasteiger partial charge in [-0.1, -0.05) is 0 Å². The lowest BCUT2D eigenvalue weighted by atomic mass is 9.88. The van der Waals surface area contributed by atoms with Crippen LogP contribution in [-0.4, -0.2) is 40.0 Å². The third-order valence-electron chi connectivity index (χ3n) is 4.88. The Morgan fingerprint density at radius 2 is 2.22 bits per heavy atom. The number of nitriles is 1. The summed E-state index contributed by atoms with van der Waals surface area (Å²) in [6.07, 6.45) is 5.94. The van der Waals surface area contributed by atoms with Gasteiger partial charge >= 0.3 is 0 Å². The van der Waals surface area contributed by atoms with Gasteiger partial charge in [0.05, 0.1) is 29.2 Å². The van der Waals surface area contributed by atoms with Gasteiger partial charge < -0.3 is 20.6 Å². The molecule has 0 amide bonds. The van der Waals surface area contributed by atoms with E-state index in [4.69, 9.17) is 16.8 Å². The molecule has 0 bridgehead atoms. The number of pyridine rings is 1. The van der Waals surface area contributed by atoms with Crippen LogP contribution in [0, 0.1) is 11.3 Å². The third kappa shape index (κ3) is 2.83. The summed E-state index contributed by atoms with van der Waals surface area (Å²) >= 11 is 0. The van der Waals surface area contributed by atoms with Crippen LogP contribution in [0.15, 0.2) is 18.5 Å². The van der Waals surface area contributed by atoms with Gasteiger partial charge in [-0.25, -0.2) is 10.8 Å². The first-order valence-corrected chi connectivity index (χ1v) is 7.91. The Balaban J connectivity index is 1.82. The molecule has 3 rings (SSSR count). The third-order valence-corrected chi connectivity index (χ3v) is 4.88.